The molecule has 20 heavy (non-hydrogen) atoms. The number of primary amides is 1. The molecule has 0 radical (unpaired) electrons. The van der Waals surface area contributed by atoms with E-state index in [9.17, 15) is 14.4 Å². The zero-order valence-electron chi connectivity index (χ0n) is 11.3. The summed E-state index contributed by atoms with van der Waals surface area (Å²) < 4.78 is 5.10. The molecule has 0 aliphatic carbocycles. The molecule has 0 bridgehead atoms. The number of carbonyl (C=O) groups excluding carboxylic acids is 2. The highest BCUT2D eigenvalue weighted by Gasteiger charge is 2.23. The Labute approximate surface area is 115 Å². The summed E-state index contributed by atoms with van der Waals surface area (Å²) in [7, 11) is 1.50. The highest BCUT2D eigenvalue weighted by Crippen LogP contribution is 2.11. The van der Waals surface area contributed by atoms with Crippen molar-refractivity contribution in [3.63, 3.8) is 0 Å². The number of furan rings is 1. The summed E-state index contributed by atoms with van der Waals surface area (Å²) in [5, 5.41) is 11.1. The average Bonchev–Trinajstić information content (AvgIpc) is 2.73. The van der Waals surface area contributed by atoms with Gasteiger partial charge in [0, 0.05) is 12.6 Å². The fourth-order valence-electron chi connectivity index (χ4n) is 1.56. The molecule has 1 heterocycles. The molecule has 8 heteroatoms. The Hall–Kier alpha value is -2.51. The number of carboxylic acids is 1. The highest BCUT2D eigenvalue weighted by molar-refractivity contribution is 5.87. The minimum atomic E-state index is -1.34. The molecule has 0 fully saturated rings. The molecule has 0 aromatic carbocycles. The van der Waals surface area contributed by atoms with Gasteiger partial charge in [-0.1, -0.05) is 0 Å². The van der Waals surface area contributed by atoms with Crippen LogP contribution in [0.4, 0.5) is 4.79 Å². The van der Waals surface area contributed by atoms with Crippen LogP contribution >= 0.6 is 0 Å². The van der Waals surface area contributed by atoms with Crippen molar-refractivity contribution in [1.82, 2.24) is 10.2 Å². The van der Waals surface area contributed by atoms with Gasteiger partial charge in [-0.3, -0.25) is 4.79 Å². The first kappa shape index (κ1) is 15.5. The zero-order chi connectivity index (χ0) is 15.3. The van der Waals surface area contributed by atoms with Crippen LogP contribution in [0.3, 0.4) is 0 Å². The number of aryl methyl sites for hydroxylation is 1. The molecule has 1 aromatic heterocycles. The van der Waals surface area contributed by atoms with Crippen LogP contribution in [0.2, 0.25) is 0 Å². The van der Waals surface area contributed by atoms with Crippen molar-refractivity contribution in [2.24, 2.45) is 5.73 Å². The van der Waals surface area contributed by atoms with E-state index in [-0.39, 0.29) is 6.54 Å². The second-order valence-electron chi connectivity index (χ2n) is 4.37. The molecule has 4 N–H and O–H groups in total. The van der Waals surface area contributed by atoms with E-state index in [2.05, 4.69) is 5.32 Å². The first-order valence-corrected chi connectivity index (χ1v) is 5.87. The van der Waals surface area contributed by atoms with E-state index in [1.54, 1.807) is 13.0 Å². The predicted octanol–water partition coefficient (Wildman–Crippen LogP) is 0.0580. The summed E-state index contributed by atoms with van der Waals surface area (Å²) in [6, 6.07) is -0.232. The molecule has 1 atom stereocenters. The Morgan fingerprint density at radius 3 is 2.60 bits per heavy atom. The van der Waals surface area contributed by atoms with Crippen LogP contribution in [0.15, 0.2) is 16.7 Å². The number of rotatable bonds is 6. The molecule has 110 valence electrons. The lowest BCUT2D eigenvalue weighted by atomic mass is 10.2. The van der Waals surface area contributed by atoms with E-state index < -0.39 is 30.4 Å². The van der Waals surface area contributed by atoms with E-state index in [1.165, 1.54) is 18.2 Å². The molecule has 1 aromatic rings. The molecular weight excluding hydrogens is 266 g/mol. The van der Waals surface area contributed by atoms with Gasteiger partial charge >= 0.3 is 12.0 Å². The van der Waals surface area contributed by atoms with Gasteiger partial charge in [-0.2, -0.15) is 0 Å². The molecule has 3 amide bonds. The number of carboxylic acid groups (broad SMARTS) is 1. The van der Waals surface area contributed by atoms with Crippen LogP contribution in [-0.4, -0.2) is 41.0 Å². The smallest absolute Gasteiger partial charge is 0.326 e. The highest BCUT2D eigenvalue weighted by atomic mass is 16.4. The molecular formula is C12H17N3O5. The van der Waals surface area contributed by atoms with Gasteiger partial charge in [0.2, 0.25) is 5.91 Å². The minimum absolute atomic E-state index is 0.261. The quantitative estimate of drug-likeness (QED) is 0.680. The summed E-state index contributed by atoms with van der Waals surface area (Å²) in [6.45, 7) is 2.02. The van der Waals surface area contributed by atoms with Gasteiger partial charge in [0.15, 0.2) is 0 Å². The Morgan fingerprint density at radius 1 is 1.50 bits per heavy atom. The van der Waals surface area contributed by atoms with Crippen molar-refractivity contribution in [2.45, 2.75) is 25.9 Å². The molecule has 0 aliphatic heterocycles. The van der Waals surface area contributed by atoms with Crippen LogP contribution < -0.4 is 11.1 Å². The third-order valence-electron chi connectivity index (χ3n) is 2.72. The average molecular weight is 283 g/mol. The van der Waals surface area contributed by atoms with E-state index in [0.717, 1.165) is 5.56 Å². The van der Waals surface area contributed by atoms with Crippen LogP contribution in [-0.2, 0) is 16.1 Å². The summed E-state index contributed by atoms with van der Waals surface area (Å²) in [5.41, 5.74) is 5.74. The van der Waals surface area contributed by atoms with Gasteiger partial charge in [-0.25, -0.2) is 9.59 Å². The molecule has 1 unspecified atom stereocenters. The summed E-state index contributed by atoms with van der Waals surface area (Å²) >= 11 is 0. The monoisotopic (exact) mass is 283 g/mol. The Balaban J connectivity index is 2.62. The summed E-state index contributed by atoms with van der Waals surface area (Å²) in [4.78, 5) is 34.8. The Kier molecular flexibility index (Phi) is 5.13. The van der Waals surface area contributed by atoms with Crippen molar-refractivity contribution in [3.05, 3.63) is 23.7 Å². The largest absolute Gasteiger partial charge is 0.480 e. The summed E-state index contributed by atoms with van der Waals surface area (Å²) in [6.07, 6.45) is 1.04. The van der Waals surface area contributed by atoms with E-state index in [4.69, 9.17) is 15.3 Å². The number of carbonyl (C=O) groups is 3. The second-order valence-corrected chi connectivity index (χ2v) is 4.37. The fourth-order valence-corrected chi connectivity index (χ4v) is 1.56. The lowest BCUT2D eigenvalue weighted by molar-refractivity contribution is -0.140. The molecule has 0 spiro atoms. The molecule has 0 saturated carbocycles. The van der Waals surface area contributed by atoms with Crippen LogP contribution in [0, 0.1) is 6.92 Å². The maximum atomic E-state index is 11.8. The number of amides is 3. The number of hydrogen-bond donors (Lipinski definition) is 3. The molecule has 1 rings (SSSR count). The van der Waals surface area contributed by atoms with Gasteiger partial charge in [0.1, 0.15) is 11.8 Å². The first-order chi connectivity index (χ1) is 9.31. The number of urea groups is 1. The number of nitrogens with one attached hydrogen (secondary N) is 1. The predicted molar refractivity (Wildman–Crippen MR) is 68.7 cm³/mol. The second kappa shape index (κ2) is 6.60. The van der Waals surface area contributed by atoms with Crippen LogP contribution in [0.5, 0.6) is 0 Å². The van der Waals surface area contributed by atoms with Crippen molar-refractivity contribution in [2.75, 3.05) is 7.05 Å². The maximum Gasteiger partial charge on any atom is 0.326 e. The van der Waals surface area contributed by atoms with Crippen LogP contribution in [0.1, 0.15) is 17.7 Å². The van der Waals surface area contributed by atoms with Gasteiger partial charge in [-0.05, 0) is 13.0 Å². The standard InChI is InChI=1S/C12H17N3O5/c1-7-8(3-4-20-7)6-15(2)12(19)14-9(11(17)18)5-10(13)16/h3-4,9H,5-6H2,1-2H3,(H2,13,16)(H,14,19)(H,17,18). The van der Waals surface area contributed by atoms with Gasteiger partial charge in [-0.15, -0.1) is 0 Å². The minimum Gasteiger partial charge on any atom is -0.480 e. The topological polar surface area (TPSA) is 126 Å². The number of aliphatic carboxylic acids is 1. The maximum absolute atomic E-state index is 11.8. The SMILES string of the molecule is Cc1occc1CN(C)C(=O)NC(CC(N)=O)C(=O)O. The Morgan fingerprint density at radius 2 is 2.15 bits per heavy atom. The summed E-state index contributed by atoms with van der Waals surface area (Å²) in [5.74, 6) is -1.44. The number of nitrogens with two attached hydrogens (primary N) is 1. The van der Waals surface area contributed by atoms with Gasteiger partial charge < -0.3 is 25.5 Å². The lowest BCUT2D eigenvalue weighted by Gasteiger charge is -2.20. The van der Waals surface area contributed by atoms with Crippen molar-refractivity contribution < 1.29 is 23.9 Å². The fraction of sp³-hybridized carbons (Fsp3) is 0.417. The molecule has 8 nitrogen and oxygen atoms in total. The van der Waals surface area contributed by atoms with E-state index >= 15 is 0 Å². The van der Waals surface area contributed by atoms with E-state index in [0.29, 0.717) is 5.76 Å². The number of nitrogens with zero attached hydrogens (tertiary/aromatic N) is 1. The molecule has 0 saturated heterocycles. The normalized spacial score (nSPS) is 11.7. The van der Waals surface area contributed by atoms with Crippen molar-refractivity contribution >= 4 is 17.9 Å². The first-order valence-electron chi connectivity index (χ1n) is 5.87. The lowest BCUT2D eigenvalue weighted by Crippen LogP contribution is -2.48. The van der Waals surface area contributed by atoms with Crippen LogP contribution in [0.25, 0.3) is 0 Å². The zero-order valence-corrected chi connectivity index (χ0v) is 11.3. The van der Waals surface area contributed by atoms with Crippen molar-refractivity contribution in [1.29, 1.82) is 0 Å². The third kappa shape index (κ3) is 4.30. The van der Waals surface area contributed by atoms with E-state index in [1.807, 2.05) is 0 Å². The molecule has 0 aliphatic rings. The number of hydrogen-bond acceptors (Lipinski definition) is 4. The van der Waals surface area contributed by atoms with Gasteiger partial charge in [0.25, 0.3) is 0 Å². The third-order valence-corrected chi connectivity index (χ3v) is 2.72. The Bertz CT molecular complexity index is 511. The van der Waals surface area contributed by atoms with Crippen molar-refractivity contribution in [3.8, 4) is 0 Å². The van der Waals surface area contributed by atoms with Gasteiger partial charge in [0.05, 0.1) is 19.2 Å².